The molecule has 0 bridgehead atoms. The molecule has 0 heterocycles. The second-order valence-corrected chi connectivity index (χ2v) is 5.21. The number of rotatable bonds is 6. The van der Waals surface area contributed by atoms with Crippen LogP contribution in [0.25, 0.3) is 0 Å². The molecule has 26 heavy (non-hydrogen) atoms. The van der Waals surface area contributed by atoms with E-state index in [2.05, 4.69) is 5.32 Å². The minimum absolute atomic E-state index is 0.126. The minimum atomic E-state index is -1.72. The van der Waals surface area contributed by atoms with E-state index < -0.39 is 53.4 Å². The molecule has 0 aliphatic heterocycles. The summed E-state index contributed by atoms with van der Waals surface area (Å²) in [6.45, 7) is 0.821. The van der Waals surface area contributed by atoms with Crippen LogP contribution in [0, 0.1) is 23.3 Å². The molecule has 5 nitrogen and oxygen atoms in total. The third-order valence-corrected chi connectivity index (χ3v) is 3.21. The van der Waals surface area contributed by atoms with Gasteiger partial charge in [-0.05, 0) is 31.2 Å². The average molecular weight is 370 g/mol. The largest absolute Gasteiger partial charge is 0.481 e. The van der Waals surface area contributed by atoms with E-state index in [-0.39, 0.29) is 5.75 Å². The monoisotopic (exact) mass is 370 g/mol. The Balaban J connectivity index is 1.86. The highest BCUT2D eigenvalue weighted by molar-refractivity contribution is 5.95. The predicted octanol–water partition coefficient (Wildman–Crippen LogP) is 2.77. The van der Waals surface area contributed by atoms with E-state index in [4.69, 9.17) is 4.74 Å². The molecule has 1 unspecified atom stereocenters. The number of hydrogen-bond donors (Lipinski definition) is 2. The normalized spacial score (nSPS) is 11.6. The van der Waals surface area contributed by atoms with Crippen molar-refractivity contribution in [2.75, 3.05) is 11.9 Å². The molecule has 2 amide bonds. The lowest BCUT2D eigenvalue weighted by atomic mass is 10.2. The maximum atomic E-state index is 13.5. The number of carbonyl (C=O) groups excluding carboxylic acids is 2. The predicted molar refractivity (Wildman–Crippen MR) is 84.4 cm³/mol. The molecule has 9 heteroatoms. The summed E-state index contributed by atoms with van der Waals surface area (Å²) >= 11 is 0. The van der Waals surface area contributed by atoms with Crippen molar-refractivity contribution in [1.82, 2.24) is 5.32 Å². The molecule has 2 N–H and O–H groups in total. The van der Waals surface area contributed by atoms with Gasteiger partial charge in [0.05, 0.1) is 12.2 Å². The smallest absolute Gasteiger partial charge is 0.261 e. The Labute approximate surface area is 146 Å². The van der Waals surface area contributed by atoms with Crippen molar-refractivity contribution in [3.8, 4) is 5.75 Å². The first-order valence-corrected chi connectivity index (χ1v) is 7.41. The summed E-state index contributed by atoms with van der Waals surface area (Å²) in [7, 11) is 0. The number of ether oxygens (including phenoxy) is 1. The number of halogens is 4. The highest BCUT2D eigenvalue weighted by Gasteiger charge is 2.18. The van der Waals surface area contributed by atoms with E-state index >= 15 is 0 Å². The summed E-state index contributed by atoms with van der Waals surface area (Å²) in [6.07, 6.45) is -1.04. The van der Waals surface area contributed by atoms with Gasteiger partial charge in [0, 0.05) is 6.07 Å². The number of amides is 2. The summed E-state index contributed by atoms with van der Waals surface area (Å²) in [5, 5.41) is 4.23. The molecule has 0 saturated heterocycles. The van der Waals surface area contributed by atoms with Crippen molar-refractivity contribution in [3.05, 3.63) is 59.7 Å². The Morgan fingerprint density at radius 3 is 2.50 bits per heavy atom. The first-order valence-electron chi connectivity index (χ1n) is 7.41. The maximum absolute atomic E-state index is 13.5. The first kappa shape index (κ1) is 19.2. The Morgan fingerprint density at radius 2 is 1.81 bits per heavy atom. The van der Waals surface area contributed by atoms with E-state index in [1.807, 2.05) is 5.32 Å². The van der Waals surface area contributed by atoms with Gasteiger partial charge in [-0.25, -0.2) is 17.6 Å². The molecule has 0 fully saturated rings. The number of benzene rings is 2. The fourth-order valence-electron chi connectivity index (χ4n) is 1.93. The lowest BCUT2D eigenvalue weighted by Gasteiger charge is -2.15. The zero-order valence-electron chi connectivity index (χ0n) is 13.5. The van der Waals surface area contributed by atoms with Crippen molar-refractivity contribution in [1.29, 1.82) is 0 Å². The molecular weight excluding hydrogens is 356 g/mol. The second kappa shape index (κ2) is 8.32. The third kappa shape index (κ3) is 4.95. The number of hydrogen-bond acceptors (Lipinski definition) is 3. The van der Waals surface area contributed by atoms with E-state index in [0.29, 0.717) is 6.07 Å². The Morgan fingerprint density at radius 1 is 1.08 bits per heavy atom. The molecule has 0 aliphatic carbocycles. The van der Waals surface area contributed by atoms with Crippen LogP contribution >= 0.6 is 0 Å². The van der Waals surface area contributed by atoms with Gasteiger partial charge in [0.2, 0.25) is 5.91 Å². The number of anilines is 1. The van der Waals surface area contributed by atoms with Gasteiger partial charge < -0.3 is 15.4 Å². The van der Waals surface area contributed by atoms with E-state index in [1.54, 1.807) is 0 Å². The molecule has 1 atom stereocenters. The van der Waals surface area contributed by atoms with Crippen LogP contribution in [-0.4, -0.2) is 24.5 Å². The second-order valence-electron chi connectivity index (χ2n) is 5.21. The van der Waals surface area contributed by atoms with Crippen LogP contribution in [0.4, 0.5) is 23.2 Å². The average Bonchev–Trinajstić information content (AvgIpc) is 2.60. The highest BCUT2D eigenvalue weighted by atomic mass is 19.2. The lowest BCUT2D eigenvalue weighted by Crippen LogP contribution is -2.40. The van der Waals surface area contributed by atoms with Gasteiger partial charge in [-0.15, -0.1) is 0 Å². The van der Waals surface area contributed by atoms with Gasteiger partial charge in [0.15, 0.2) is 23.6 Å². The molecule has 0 spiro atoms. The topological polar surface area (TPSA) is 67.4 Å². The Hall–Kier alpha value is -3.10. The van der Waals surface area contributed by atoms with Crippen molar-refractivity contribution >= 4 is 17.5 Å². The number of carbonyl (C=O) groups is 2. The van der Waals surface area contributed by atoms with Crippen molar-refractivity contribution in [3.63, 3.8) is 0 Å². The van der Waals surface area contributed by atoms with Crippen molar-refractivity contribution < 1.29 is 31.9 Å². The van der Waals surface area contributed by atoms with Gasteiger partial charge in [0.25, 0.3) is 5.91 Å². The first-order chi connectivity index (χ1) is 12.3. The van der Waals surface area contributed by atoms with Gasteiger partial charge in [-0.1, -0.05) is 6.07 Å². The van der Waals surface area contributed by atoms with Crippen LogP contribution in [0.5, 0.6) is 5.75 Å². The summed E-state index contributed by atoms with van der Waals surface area (Å²) in [6, 6.07) is 6.65. The van der Waals surface area contributed by atoms with Gasteiger partial charge in [-0.3, -0.25) is 9.59 Å². The standard InChI is InChI=1S/C17H14F4N2O3/c1-9(26-11-4-2-3-10(18)7-11)17(25)22-8-14(24)23-13-6-5-12(19)15(20)16(13)21/h2-7,9H,8H2,1H3,(H,22,25)(H,23,24). The summed E-state index contributed by atoms with van der Waals surface area (Å²) in [4.78, 5) is 23.6. The van der Waals surface area contributed by atoms with Crippen LogP contribution in [0.1, 0.15) is 6.92 Å². The van der Waals surface area contributed by atoms with Crippen LogP contribution < -0.4 is 15.4 Å². The molecule has 2 aromatic carbocycles. The van der Waals surface area contributed by atoms with Crippen LogP contribution in [0.2, 0.25) is 0 Å². The van der Waals surface area contributed by atoms with Crippen LogP contribution in [0.15, 0.2) is 36.4 Å². The zero-order valence-corrected chi connectivity index (χ0v) is 13.5. The quantitative estimate of drug-likeness (QED) is 0.607. The van der Waals surface area contributed by atoms with E-state index in [9.17, 15) is 27.2 Å². The summed E-state index contributed by atoms with van der Waals surface area (Å²) in [5.41, 5.74) is -0.563. The molecule has 2 rings (SSSR count). The van der Waals surface area contributed by atoms with Gasteiger partial charge >= 0.3 is 0 Å². The fourth-order valence-corrected chi connectivity index (χ4v) is 1.93. The zero-order chi connectivity index (χ0) is 19.3. The number of nitrogens with one attached hydrogen (secondary N) is 2. The van der Waals surface area contributed by atoms with Crippen molar-refractivity contribution in [2.24, 2.45) is 0 Å². The third-order valence-electron chi connectivity index (χ3n) is 3.21. The molecule has 0 radical (unpaired) electrons. The lowest BCUT2D eigenvalue weighted by molar-refractivity contribution is -0.129. The highest BCUT2D eigenvalue weighted by Crippen LogP contribution is 2.19. The summed E-state index contributed by atoms with van der Waals surface area (Å²) < 4.78 is 57.6. The molecule has 0 saturated carbocycles. The Bertz CT molecular complexity index is 830. The molecule has 0 aromatic heterocycles. The van der Waals surface area contributed by atoms with Crippen LogP contribution in [0.3, 0.4) is 0 Å². The minimum Gasteiger partial charge on any atom is -0.481 e. The Kier molecular flexibility index (Phi) is 6.16. The maximum Gasteiger partial charge on any atom is 0.261 e. The fraction of sp³-hybridized carbons (Fsp3) is 0.176. The van der Waals surface area contributed by atoms with Gasteiger partial charge in [-0.2, -0.15) is 0 Å². The SMILES string of the molecule is CC(Oc1cccc(F)c1)C(=O)NCC(=O)Nc1ccc(F)c(F)c1F. The van der Waals surface area contributed by atoms with Crippen LogP contribution in [-0.2, 0) is 9.59 Å². The van der Waals surface area contributed by atoms with E-state index in [1.165, 1.54) is 25.1 Å². The van der Waals surface area contributed by atoms with Gasteiger partial charge in [0.1, 0.15) is 11.6 Å². The molecule has 2 aromatic rings. The molecule has 0 aliphatic rings. The molecule has 138 valence electrons. The molecular formula is C17H14F4N2O3. The van der Waals surface area contributed by atoms with Crippen molar-refractivity contribution in [2.45, 2.75) is 13.0 Å². The van der Waals surface area contributed by atoms with E-state index in [0.717, 1.165) is 12.1 Å². The summed E-state index contributed by atoms with van der Waals surface area (Å²) in [5.74, 6) is -6.62.